The minimum Gasteiger partial charge on any atom is -0.494 e. The maximum Gasteiger partial charge on any atom is 0.262 e. The van der Waals surface area contributed by atoms with E-state index in [9.17, 15) is 4.79 Å². The van der Waals surface area contributed by atoms with Crippen molar-refractivity contribution in [2.24, 2.45) is 0 Å². The summed E-state index contributed by atoms with van der Waals surface area (Å²) in [5.74, 6) is 4.09. The number of anilines is 1. The number of thioether (sulfide) groups is 2. The molecule has 1 N–H and O–H groups in total. The van der Waals surface area contributed by atoms with Gasteiger partial charge in [-0.15, -0.1) is 23.5 Å². The first-order valence-corrected chi connectivity index (χ1v) is 10.9. The highest BCUT2D eigenvalue weighted by Gasteiger charge is 2.20. The molecule has 0 spiro atoms. The summed E-state index contributed by atoms with van der Waals surface area (Å²) in [5, 5.41) is 2.81. The van der Waals surface area contributed by atoms with Gasteiger partial charge in [0.1, 0.15) is 5.75 Å². The maximum absolute atomic E-state index is 12.2. The fourth-order valence-electron chi connectivity index (χ4n) is 2.64. The molecule has 0 bridgehead atoms. The monoisotopic (exact) mass is 405 g/mol. The van der Waals surface area contributed by atoms with E-state index in [4.69, 9.17) is 14.2 Å². The van der Waals surface area contributed by atoms with Crippen molar-refractivity contribution in [3.63, 3.8) is 0 Å². The topological polar surface area (TPSA) is 56.8 Å². The average molecular weight is 406 g/mol. The Morgan fingerprint density at radius 1 is 1.07 bits per heavy atom. The predicted octanol–water partition coefficient (Wildman–Crippen LogP) is 4.59. The Labute approximate surface area is 168 Å². The predicted molar refractivity (Wildman–Crippen MR) is 112 cm³/mol. The molecule has 1 saturated heterocycles. The van der Waals surface area contributed by atoms with Gasteiger partial charge in [-0.3, -0.25) is 4.79 Å². The second-order valence-corrected chi connectivity index (χ2v) is 8.50. The van der Waals surface area contributed by atoms with E-state index in [0.29, 0.717) is 28.4 Å². The number of hydrogen-bond donors (Lipinski definition) is 1. The molecule has 0 atom stereocenters. The number of rotatable bonds is 8. The summed E-state index contributed by atoms with van der Waals surface area (Å²) in [5.41, 5.74) is 1.91. The van der Waals surface area contributed by atoms with Gasteiger partial charge in [-0.05, 0) is 48.9 Å². The summed E-state index contributed by atoms with van der Waals surface area (Å²) in [6.07, 6.45) is 0. The third-order valence-corrected chi connectivity index (χ3v) is 6.99. The van der Waals surface area contributed by atoms with Gasteiger partial charge in [-0.25, -0.2) is 0 Å². The molecule has 144 valence electrons. The van der Waals surface area contributed by atoms with E-state index in [-0.39, 0.29) is 12.5 Å². The van der Waals surface area contributed by atoms with Crippen LogP contribution in [0.3, 0.4) is 0 Å². The SMILES string of the molecule is CCOc1ccc(NC(=O)COc2ccc(C3SCCS3)cc2OC)cc1. The fraction of sp³-hybridized carbons (Fsp3) is 0.350. The van der Waals surface area contributed by atoms with Crippen LogP contribution in [0, 0.1) is 0 Å². The summed E-state index contributed by atoms with van der Waals surface area (Å²) < 4.78 is 16.9. The number of benzene rings is 2. The van der Waals surface area contributed by atoms with Gasteiger partial charge in [0.25, 0.3) is 5.91 Å². The second kappa shape index (κ2) is 9.80. The molecule has 0 aromatic heterocycles. The van der Waals surface area contributed by atoms with Crippen molar-refractivity contribution < 1.29 is 19.0 Å². The molecule has 3 rings (SSSR count). The van der Waals surface area contributed by atoms with Crippen molar-refractivity contribution in [3.05, 3.63) is 48.0 Å². The van der Waals surface area contributed by atoms with E-state index in [2.05, 4.69) is 5.32 Å². The Kier molecular flexibility index (Phi) is 7.18. The zero-order valence-electron chi connectivity index (χ0n) is 15.4. The smallest absolute Gasteiger partial charge is 0.262 e. The molecule has 1 heterocycles. The number of hydrogen-bond acceptors (Lipinski definition) is 6. The van der Waals surface area contributed by atoms with E-state index in [0.717, 1.165) is 5.75 Å². The van der Waals surface area contributed by atoms with Crippen molar-refractivity contribution >= 4 is 35.1 Å². The van der Waals surface area contributed by atoms with Crippen molar-refractivity contribution in [3.8, 4) is 17.2 Å². The lowest BCUT2D eigenvalue weighted by molar-refractivity contribution is -0.118. The highest BCUT2D eigenvalue weighted by atomic mass is 32.2. The van der Waals surface area contributed by atoms with Crippen LogP contribution in [0.5, 0.6) is 17.2 Å². The molecular weight excluding hydrogens is 382 g/mol. The summed E-state index contributed by atoms with van der Waals surface area (Å²) in [6, 6.07) is 13.2. The van der Waals surface area contributed by atoms with Crippen LogP contribution >= 0.6 is 23.5 Å². The first kappa shape index (κ1) is 19.8. The van der Waals surface area contributed by atoms with Gasteiger partial charge in [-0.1, -0.05) is 6.07 Å². The average Bonchev–Trinajstić information content (AvgIpc) is 3.23. The summed E-state index contributed by atoms with van der Waals surface area (Å²) in [4.78, 5) is 12.2. The minimum absolute atomic E-state index is 0.0875. The zero-order valence-corrected chi connectivity index (χ0v) is 17.0. The third kappa shape index (κ3) is 5.49. The molecule has 0 unspecified atom stereocenters. The molecule has 7 heteroatoms. The normalized spacial score (nSPS) is 14.0. The Morgan fingerprint density at radius 2 is 1.81 bits per heavy atom. The molecule has 0 radical (unpaired) electrons. The molecule has 2 aromatic rings. The molecule has 1 aliphatic rings. The van der Waals surface area contributed by atoms with Crippen molar-refractivity contribution in [1.82, 2.24) is 0 Å². The lowest BCUT2D eigenvalue weighted by Gasteiger charge is -2.14. The number of nitrogens with one attached hydrogen (secondary N) is 1. The van der Waals surface area contributed by atoms with Gasteiger partial charge >= 0.3 is 0 Å². The molecule has 0 saturated carbocycles. The highest BCUT2D eigenvalue weighted by molar-refractivity contribution is 8.19. The molecular formula is C20H23NO4S2. The van der Waals surface area contributed by atoms with Crippen LogP contribution in [0.4, 0.5) is 5.69 Å². The molecule has 0 aliphatic carbocycles. The number of ether oxygens (including phenoxy) is 3. The van der Waals surface area contributed by atoms with Gasteiger partial charge in [0.15, 0.2) is 18.1 Å². The van der Waals surface area contributed by atoms with Crippen LogP contribution in [-0.2, 0) is 4.79 Å². The Bertz CT molecular complexity index is 761. The molecule has 2 aromatic carbocycles. The van der Waals surface area contributed by atoms with Crippen molar-refractivity contribution in [2.75, 3.05) is 37.1 Å². The first-order valence-electron chi connectivity index (χ1n) is 8.76. The lowest BCUT2D eigenvalue weighted by atomic mass is 10.2. The largest absolute Gasteiger partial charge is 0.494 e. The van der Waals surface area contributed by atoms with Gasteiger partial charge < -0.3 is 19.5 Å². The summed E-state index contributed by atoms with van der Waals surface area (Å²) >= 11 is 3.87. The molecule has 1 amide bonds. The standard InChI is InChI=1S/C20H23NO4S2/c1-3-24-16-7-5-15(6-8-16)21-19(22)13-25-17-9-4-14(12-18(17)23-2)20-26-10-11-27-20/h4-9,12,20H,3,10-11,13H2,1-2H3,(H,21,22). The van der Waals surface area contributed by atoms with Gasteiger partial charge in [0.05, 0.1) is 18.3 Å². The summed E-state index contributed by atoms with van der Waals surface area (Å²) in [7, 11) is 1.61. The van der Waals surface area contributed by atoms with Gasteiger partial charge in [-0.2, -0.15) is 0 Å². The summed E-state index contributed by atoms with van der Waals surface area (Å²) in [6.45, 7) is 2.45. The van der Waals surface area contributed by atoms with Gasteiger partial charge in [0.2, 0.25) is 0 Å². The number of methoxy groups -OCH3 is 1. The molecule has 1 aliphatic heterocycles. The Hall–Kier alpha value is -1.99. The van der Waals surface area contributed by atoms with Crippen LogP contribution in [0.25, 0.3) is 0 Å². The minimum atomic E-state index is -0.229. The van der Waals surface area contributed by atoms with Crippen LogP contribution in [0.15, 0.2) is 42.5 Å². The zero-order chi connectivity index (χ0) is 19.1. The Balaban J connectivity index is 1.56. The highest BCUT2D eigenvalue weighted by Crippen LogP contribution is 2.46. The number of amides is 1. The molecule has 27 heavy (non-hydrogen) atoms. The van der Waals surface area contributed by atoms with Crippen LogP contribution < -0.4 is 19.5 Å². The number of carbonyl (C=O) groups excluding carboxylic acids is 1. The quantitative estimate of drug-likeness (QED) is 0.693. The van der Waals surface area contributed by atoms with Crippen LogP contribution in [0.2, 0.25) is 0 Å². The fourth-order valence-corrected chi connectivity index (χ4v) is 5.48. The van der Waals surface area contributed by atoms with E-state index in [1.54, 1.807) is 19.2 Å². The Morgan fingerprint density at radius 3 is 2.48 bits per heavy atom. The van der Waals surface area contributed by atoms with E-state index >= 15 is 0 Å². The van der Waals surface area contributed by atoms with Crippen LogP contribution in [-0.4, -0.2) is 37.7 Å². The van der Waals surface area contributed by atoms with Gasteiger partial charge in [0, 0.05) is 17.2 Å². The first-order chi connectivity index (χ1) is 13.2. The maximum atomic E-state index is 12.2. The number of carbonyl (C=O) groups is 1. The van der Waals surface area contributed by atoms with Crippen LogP contribution in [0.1, 0.15) is 17.1 Å². The molecule has 5 nitrogen and oxygen atoms in total. The lowest BCUT2D eigenvalue weighted by Crippen LogP contribution is -2.20. The van der Waals surface area contributed by atoms with E-state index in [1.807, 2.05) is 60.8 Å². The van der Waals surface area contributed by atoms with E-state index < -0.39 is 0 Å². The van der Waals surface area contributed by atoms with Crippen molar-refractivity contribution in [2.45, 2.75) is 11.5 Å². The van der Waals surface area contributed by atoms with Crippen molar-refractivity contribution in [1.29, 1.82) is 0 Å². The third-order valence-electron chi connectivity index (χ3n) is 3.89. The second-order valence-electron chi connectivity index (χ2n) is 5.78. The molecule has 1 fully saturated rings. The van der Waals surface area contributed by atoms with E-state index in [1.165, 1.54) is 17.1 Å².